The standard InChI is InChI=1S/C28H18N4/c1-2-10-19(11-3-1)31-24-14-6-4-12-20(24)22-18-23-21-13-5-7-15-25(21)32(28(23)30-27(22)31)26-16-8-9-17-29-26/h1-18H. The zero-order valence-electron chi connectivity index (χ0n) is 17.2. The Bertz CT molecular complexity index is 1630. The maximum atomic E-state index is 5.29. The van der Waals surface area contributed by atoms with E-state index < -0.39 is 0 Å². The average Bonchev–Trinajstić information content (AvgIpc) is 3.36. The number of rotatable bonds is 2. The van der Waals surface area contributed by atoms with Crippen LogP contribution in [0.1, 0.15) is 0 Å². The molecule has 4 nitrogen and oxygen atoms in total. The van der Waals surface area contributed by atoms with E-state index in [0.29, 0.717) is 0 Å². The lowest BCUT2D eigenvalue weighted by molar-refractivity contribution is 1.05. The fraction of sp³-hybridized carbons (Fsp3) is 0. The van der Waals surface area contributed by atoms with Crippen molar-refractivity contribution in [3.05, 3.63) is 109 Å². The minimum Gasteiger partial charge on any atom is -0.294 e. The van der Waals surface area contributed by atoms with Gasteiger partial charge in [0.05, 0.1) is 11.0 Å². The molecule has 7 rings (SSSR count). The SMILES string of the molecule is c1ccc(-n2c3ccccc3c3cc4c5ccccc5n(-c5ccccn5)c4nc32)cc1. The quantitative estimate of drug-likeness (QED) is 0.319. The second-order valence-corrected chi connectivity index (χ2v) is 7.96. The zero-order chi connectivity index (χ0) is 21.1. The Balaban J connectivity index is 1.71. The Kier molecular flexibility index (Phi) is 3.52. The fourth-order valence-corrected chi connectivity index (χ4v) is 4.81. The molecule has 0 saturated carbocycles. The zero-order valence-corrected chi connectivity index (χ0v) is 17.2. The molecule has 7 aromatic rings. The Morgan fingerprint density at radius 2 is 1.09 bits per heavy atom. The summed E-state index contributed by atoms with van der Waals surface area (Å²) in [5.74, 6) is 0.868. The highest BCUT2D eigenvalue weighted by molar-refractivity contribution is 6.16. The monoisotopic (exact) mass is 410 g/mol. The van der Waals surface area contributed by atoms with Crippen molar-refractivity contribution in [1.82, 2.24) is 19.1 Å². The second kappa shape index (κ2) is 6.53. The van der Waals surface area contributed by atoms with E-state index in [1.54, 1.807) is 0 Å². The van der Waals surface area contributed by atoms with Gasteiger partial charge in [-0.2, -0.15) is 0 Å². The highest BCUT2D eigenvalue weighted by Gasteiger charge is 2.19. The molecule has 4 heteroatoms. The van der Waals surface area contributed by atoms with Crippen molar-refractivity contribution < 1.29 is 0 Å². The lowest BCUT2D eigenvalue weighted by Crippen LogP contribution is -2.00. The number of hydrogen-bond acceptors (Lipinski definition) is 2. The summed E-state index contributed by atoms with van der Waals surface area (Å²) in [4.78, 5) is 9.93. The molecule has 0 N–H and O–H groups in total. The van der Waals surface area contributed by atoms with Gasteiger partial charge in [0.25, 0.3) is 0 Å². The number of para-hydroxylation sites is 3. The largest absolute Gasteiger partial charge is 0.294 e. The number of hydrogen-bond donors (Lipinski definition) is 0. The van der Waals surface area contributed by atoms with Gasteiger partial charge in [-0.1, -0.05) is 60.7 Å². The van der Waals surface area contributed by atoms with Crippen LogP contribution in [0.4, 0.5) is 0 Å². The molecule has 4 heterocycles. The van der Waals surface area contributed by atoms with Gasteiger partial charge in [0.1, 0.15) is 17.1 Å². The fourth-order valence-electron chi connectivity index (χ4n) is 4.81. The van der Waals surface area contributed by atoms with Gasteiger partial charge in [0.2, 0.25) is 0 Å². The van der Waals surface area contributed by atoms with Crippen LogP contribution in [0.3, 0.4) is 0 Å². The van der Waals surface area contributed by atoms with Gasteiger partial charge in [-0.3, -0.25) is 9.13 Å². The van der Waals surface area contributed by atoms with Gasteiger partial charge in [-0.25, -0.2) is 9.97 Å². The minimum atomic E-state index is 0.868. The van der Waals surface area contributed by atoms with Crippen LogP contribution in [0.15, 0.2) is 109 Å². The van der Waals surface area contributed by atoms with E-state index in [9.17, 15) is 0 Å². The van der Waals surface area contributed by atoms with Crippen LogP contribution < -0.4 is 0 Å². The molecule has 150 valence electrons. The van der Waals surface area contributed by atoms with E-state index in [4.69, 9.17) is 4.98 Å². The van der Waals surface area contributed by atoms with E-state index >= 15 is 0 Å². The van der Waals surface area contributed by atoms with Crippen molar-refractivity contribution in [1.29, 1.82) is 0 Å². The normalized spacial score (nSPS) is 11.8. The number of fused-ring (bicyclic) bond motifs is 6. The van der Waals surface area contributed by atoms with Crippen molar-refractivity contribution in [2.75, 3.05) is 0 Å². The molecule has 0 aliphatic heterocycles. The Labute approximate surface area is 184 Å². The van der Waals surface area contributed by atoms with Crippen molar-refractivity contribution in [2.45, 2.75) is 0 Å². The number of nitrogens with zero attached hydrogens (tertiary/aromatic N) is 4. The molecule has 0 unspecified atom stereocenters. The number of aromatic nitrogens is 4. The molecule has 32 heavy (non-hydrogen) atoms. The highest BCUT2D eigenvalue weighted by atomic mass is 15.1. The van der Waals surface area contributed by atoms with Crippen LogP contribution in [0.25, 0.3) is 55.4 Å². The van der Waals surface area contributed by atoms with Crippen molar-refractivity contribution in [3.8, 4) is 11.5 Å². The van der Waals surface area contributed by atoms with Crippen molar-refractivity contribution in [2.24, 2.45) is 0 Å². The first kappa shape index (κ1) is 17.3. The van der Waals surface area contributed by atoms with Gasteiger partial charge in [-0.05, 0) is 42.5 Å². The third-order valence-corrected chi connectivity index (χ3v) is 6.17. The lowest BCUT2D eigenvalue weighted by atomic mass is 10.1. The summed E-state index contributed by atoms with van der Waals surface area (Å²) < 4.78 is 4.42. The van der Waals surface area contributed by atoms with Crippen LogP contribution in [0, 0.1) is 0 Å². The maximum absolute atomic E-state index is 5.29. The summed E-state index contributed by atoms with van der Waals surface area (Å²) in [5, 5.41) is 4.67. The van der Waals surface area contributed by atoms with Gasteiger partial charge in [0, 0.05) is 33.4 Å². The molecular formula is C28H18N4. The van der Waals surface area contributed by atoms with Crippen LogP contribution in [0.5, 0.6) is 0 Å². The van der Waals surface area contributed by atoms with E-state index in [2.05, 4.69) is 93.0 Å². The smallest absolute Gasteiger partial charge is 0.149 e. The predicted molar refractivity (Wildman–Crippen MR) is 131 cm³/mol. The molecule has 3 aromatic carbocycles. The number of benzene rings is 3. The van der Waals surface area contributed by atoms with E-state index in [0.717, 1.165) is 44.6 Å². The van der Waals surface area contributed by atoms with Gasteiger partial charge < -0.3 is 0 Å². The second-order valence-electron chi connectivity index (χ2n) is 7.96. The van der Waals surface area contributed by atoms with Crippen LogP contribution in [0.2, 0.25) is 0 Å². The van der Waals surface area contributed by atoms with E-state index in [1.807, 2.05) is 30.5 Å². The Morgan fingerprint density at radius 3 is 1.78 bits per heavy atom. The van der Waals surface area contributed by atoms with E-state index in [1.165, 1.54) is 10.8 Å². The minimum absolute atomic E-state index is 0.868. The average molecular weight is 410 g/mol. The summed E-state index contributed by atoms with van der Waals surface area (Å²) >= 11 is 0. The summed E-state index contributed by atoms with van der Waals surface area (Å²) in [6.45, 7) is 0. The molecule has 0 atom stereocenters. The molecule has 0 spiro atoms. The predicted octanol–water partition coefficient (Wildman–Crippen LogP) is 6.67. The molecular weight excluding hydrogens is 392 g/mol. The van der Waals surface area contributed by atoms with Crippen molar-refractivity contribution in [3.63, 3.8) is 0 Å². The molecule has 0 bridgehead atoms. The first-order valence-electron chi connectivity index (χ1n) is 10.7. The van der Waals surface area contributed by atoms with Crippen LogP contribution in [-0.4, -0.2) is 19.1 Å². The first-order chi connectivity index (χ1) is 15.9. The molecule has 0 aliphatic carbocycles. The molecule has 0 radical (unpaired) electrons. The van der Waals surface area contributed by atoms with Crippen molar-refractivity contribution >= 4 is 43.9 Å². The highest BCUT2D eigenvalue weighted by Crippen LogP contribution is 2.37. The molecule has 0 amide bonds. The Hall–Kier alpha value is -4.44. The molecule has 0 saturated heterocycles. The number of pyridine rings is 2. The molecule has 0 fully saturated rings. The maximum Gasteiger partial charge on any atom is 0.149 e. The van der Waals surface area contributed by atoms with Gasteiger partial charge in [0.15, 0.2) is 0 Å². The summed E-state index contributed by atoms with van der Waals surface area (Å²) in [6, 6.07) is 35.7. The summed E-state index contributed by atoms with van der Waals surface area (Å²) in [6.07, 6.45) is 1.83. The molecule has 4 aromatic heterocycles. The van der Waals surface area contributed by atoms with Crippen LogP contribution >= 0.6 is 0 Å². The molecule has 0 aliphatic rings. The van der Waals surface area contributed by atoms with E-state index in [-0.39, 0.29) is 0 Å². The van der Waals surface area contributed by atoms with Gasteiger partial charge in [-0.15, -0.1) is 0 Å². The Morgan fingerprint density at radius 1 is 0.500 bits per heavy atom. The van der Waals surface area contributed by atoms with Crippen LogP contribution in [-0.2, 0) is 0 Å². The third-order valence-electron chi connectivity index (χ3n) is 6.17. The summed E-state index contributed by atoms with van der Waals surface area (Å²) in [5.41, 5.74) is 5.23. The lowest BCUT2D eigenvalue weighted by Gasteiger charge is -2.08. The van der Waals surface area contributed by atoms with Gasteiger partial charge >= 0.3 is 0 Å². The summed E-state index contributed by atoms with van der Waals surface area (Å²) in [7, 11) is 0. The first-order valence-corrected chi connectivity index (χ1v) is 10.7. The topological polar surface area (TPSA) is 35.6 Å². The third kappa shape index (κ3) is 2.32.